The molecule has 0 radical (unpaired) electrons. The maximum absolute atomic E-state index is 9.66. The second-order valence-corrected chi connectivity index (χ2v) is 6.84. The molecule has 5 heteroatoms. The average Bonchev–Trinajstić information content (AvgIpc) is 2.74. The van der Waals surface area contributed by atoms with Crippen LogP contribution in [0.25, 0.3) is 5.57 Å². The summed E-state index contributed by atoms with van der Waals surface area (Å²) in [5, 5.41) is 22.2. The minimum atomic E-state index is -0.0161. The van der Waals surface area contributed by atoms with E-state index in [-0.39, 0.29) is 17.4 Å². The molecule has 0 saturated heterocycles. The van der Waals surface area contributed by atoms with Crippen LogP contribution in [0.2, 0.25) is 0 Å². The van der Waals surface area contributed by atoms with Gasteiger partial charge in [-0.3, -0.25) is 4.98 Å². The summed E-state index contributed by atoms with van der Waals surface area (Å²) >= 11 is 0. The number of phenols is 1. The normalized spacial score (nSPS) is 12.6. The summed E-state index contributed by atoms with van der Waals surface area (Å²) in [6.07, 6.45) is 3.59. The van der Waals surface area contributed by atoms with Crippen LogP contribution in [0, 0.1) is 0 Å². The summed E-state index contributed by atoms with van der Waals surface area (Å²) in [7, 11) is 1.90. The Hall–Kier alpha value is -3.31. The fourth-order valence-corrected chi connectivity index (χ4v) is 3.06. The first-order valence-electron chi connectivity index (χ1n) is 9.57. The van der Waals surface area contributed by atoms with Crippen molar-refractivity contribution < 1.29 is 14.9 Å². The number of aromatic hydroxyl groups is 2. The summed E-state index contributed by atoms with van der Waals surface area (Å²) in [6, 6.07) is 18.7. The number of benzene rings is 2. The molecule has 0 aliphatic carbocycles. The molecule has 0 fully saturated rings. The van der Waals surface area contributed by atoms with Crippen molar-refractivity contribution >= 4 is 5.57 Å². The Morgan fingerprint density at radius 3 is 2.17 bits per heavy atom. The first-order chi connectivity index (χ1) is 14.1. The van der Waals surface area contributed by atoms with Gasteiger partial charge in [-0.05, 0) is 67.1 Å². The van der Waals surface area contributed by atoms with Gasteiger partial charge < -0.3 is 20.3 Å². The van der Waals surface area contributed by atoms with Gasteiger partial charge >= 0.3 is 0 Å². The largest absolute Gasteiger partial charge is 0.508 e. The number of hydrogen-bond donors (Lipinski definition) is 3. The third-order valence-corrected chi connectivity index (χ3v) is 4.68. The van der Waals surface area contributed by atoms with E-state index >= 15 is 0 Å². The Morgan fingerprint density at radius 2 is 1.59 bits per heavy atom. The molecule has 1 aromatic heterocycles. The number of ether oxygens (including phenoxy) is 1. The second-order valence-electron chi connectivity index (χ2n) is 6.84. The Morgan fingerprint density at radius 1 is 0.966 bits per heavy atom. The number of rotatable bonds is 8. The molecule has 0 amide bonds. The first-order valence-corrected chi connectivity index (χ1v) is 9.57. The van der Waals surface area contributed by atoms with Crippen LogP contribution in [0.4, 0.5) is 0 Å². The van der Waals surface area contributed by atoms with E-state index < -0.39 is 0 Å². The van der Waals surface area contributed by atoms with Gasteiger partial charge in [-0.1, -0.05) is 30.3 Å². The van der Waals surface area contributed by atoms with Gasteiger partial charge in [0.1, 0.15) is 23.9 Å². The highest BCUT2D eigenvalue weighted by atomic mass is 16.5. The lowest BCUT2D eigenvalue weighted by molar-refractivity contribution is 0.318. The van der Waals surface area contributed by atoms with Crippen LogP contribution in [0.3, 0.4) is 0 Å². The van der Waals surface area contributed by atoms with Crippen molar-refractivity contribution in [1.29, 1.82) is 0 Å². The lowest BCUT2D eigenvalue weighted by Gasteiger charge is -2.17. The molecule has 3 rings (SSSR count). The number of likely N-dealkylation sites (N-methyl/N-ethyl adjacent to an activating group) is 1. The molecular formula is C24H26N2O3. The summed E-state index contributed by atoms with van der Waals surface area (Å²) in [5.74, 6) is 1.19. The molecule has 5 nitrogen and oxygen atoms in total. The number of aromatic nitrogens is 1. The molecule has 0 bridgehead atoms. The summed E-state index contributed by atoms with van der Waals surface area (Å²) < 4.78 is 5.72. The highest BCUT2D eigenvalue weighted by Gasteiger charge is 2.13. The van der Waals surface area contributed by atoms with E-state index in [2.05, 4.69) is 28.5 Å². The Balaban J connectivity index is 1.92. The van der Waals surface area contributed by atoms with Crippen LogP contribution in [-0.4, -0.2) is 35.4 Å². The average molecular weight is 390 g/mol. The fourth-order valence-electron chi connectivity index (χ4n) is 3.06. The number of nitrogens with one attached hydrogen (secondary N) is 1. The number of hydrogen-bond acceptors (Lipinski definition) is 5. The summed E-state index contributed by atoms with van der Waals surface area (Å²) in [4.78, 5) is 4.30. The third kappa shape index (κ3) is 5.59. The topological polar surface area (TPSA) is 74.6 Å². The van der Waals surface area contributed by atoms with Gasteiger partial charge in [-0.25, -0.2) is 0 Å². The van der Waals surface area contributed by atoms with Crippen LogP contribution in [0.1, 0.15) is 29.7 Å². The van der Waals surface area contributed by atoms with Crippen molar-refractivity contribution in [1.82, 2.24) is 10.3 Å². The quantitative estimate of drug-likeness (QED) is 0.499. The molecule has 150 valence electrons. The molecule has 0 aliphatic heterocycles. The van der Waals surface area contributed by atoms with E-state index in [1.54, 1.807) is 24.3 Å². The van der Waals surface area contributed by atoms with E-state index in [0.717, 1.165) is 34.7 Å². The SMILES string of the molecule is CNCCOc1ccc(C(C=C(C)c2ccc(O)cn2)c2ccc(O)cc2)cc1. The number of pyridine rings is 1. The van der Waals surface area contributed by atoms with Gasteiger partial charge in [0.25, 0.3) is 0 Å². The van der Waals surface area contributed by atoms with Gasteiger partial charge in [-0.2, -0.15) is 0 Å². The van der Waals surface area contributed by atoms with E-state index in [9.17, 15) is 10.2 Å². The van der Waals surface area contributed by atoms with Gasteiger partial charge in [0.15, 0.2) is 0 Å². The van der Waals surface area contributed by atoms with Crippen LogP contribution in [0.15, 0.2) is 72.9 Å². The minimum absolute atomic E-state index is 0.0161. The Bertz CT molecular complexity index is 933. The predicted molar refractivity (Wildman–Crippen MR) is 115 cm³/mol. The molecule has 29 heavy (non-hydrogen) atoms. The van der Waals surface area contributed by atoms with Gasteiger partial charge in [0.05, 0.1) is 11.9 Å². The Kier molecular flexibility index (Phi) is 6.87. The number of allylic oxidation sites excluding steroid dienone is 2. The molecular weight excluding hydrogens is 364 g/mol. The van der Waals surface area contributed by atoms with Crippen LogP contribution < -0.4 is 10.1 Å². The Labute approximate surface area is 171 Å². The molecule has 3 N–H and O–H groups in total. The van der Waals surface area contributed by atoms with Gasteiger partial charge in [0.2, 0.25) is 0 Å². The van der Waals surface area contributed by atoms with Crippen LogP contribution in [0.5, 0.6) is 17.2 Å². The van der Waals surface area contributed by atoms with Crippen LogP contribution in [-0.2, 0) is 0 Å². The number of nitrogens with zero attached hydrogens (tertiary/aromatic N) is 1. The zero-order chi connectivity index (χ0) is 20.6. The van der Waals surface area contributed by atoms with Crippen molar-refractivity contribution in [2.45, 2.75) is 12.8 Å². The van der Waals surface area contributed by atoms with E-state index in [1.807, 2.05) is 38.2 Å². The van der Waals surface area contributed by atoms with Crippen molar-refractivity contribution in [3.63, 3.8) is 0 Å². The molecule has 2 aromatic carbocycles. The van der Waals surface area contributed by atoms with E-state index in [0.29, 0.717) is 6.61 Å². The van der Waals surface area contributed by atoms with Crippen LogP contribution >= 0.6 is 0 Å². The van der Waals surface area contributed by atoms with Gasteiger partial charge in [-0.15, -0.1) is 0 Å². The zero-order valence-corrected chi connectivity index (χ0v) is 16.7. The third-order valence-electron chi connectivity index (χ3n) is 4.68. The summed E-state index contributed by atoms with van der Waals surface area (Å²) in [5.41, 5.74) is 3.97. The molecule has 1 heterocycles. The zero-order valence-electron chi connectivity index (χ0n) is 16.7. The van der Waals surface area contributed by atoms with Crippen molar-refractivity contribution in [3.8, 4) is 17.2 Å². The lowest BCUT2D eigenvalue weighted by atomic mass is 9.89. The van der Waals surface area contributed by atoms with E-state index in [4.69, 9.17) is 4.74 Å². The molecule has 1 unspecified atom stereocenters. The summed E-state index contributed by atoms with van der Waals surface area (Å²) in [6.45, 7) is 3.41. The van der Waals surface area contributed by atoms with Crippen molar-refractivity contribution in [2.75, 3.05) is 20.2 Å². The maximum atomic E-state index is 9.66. The molecule has 0 saturated carbocycles. The van der Waals surface area contributed by atoms with Crippen molar-refractivity contribution in [2.24, 2.45) is 0 Å². The fraction of sp³-hybridized carbons (Fsp3) is 0.208. The highest BCUT2D eigenvalue weighted by Crippen LogP contribution is 2.31. The second kappa shape index (κ2) is 9.75. The smallest absolute Gasteiger partial charge is 0.133 e. The molecule has 1 atom stereocenters. The first kappa shape index (κ1) is 20.4. The highest BCUT2D eigenvalue weighted by molar-refractivity contribution is 5.63. The monoisotopic (exact) mass is 390 g/mol. The van der Waals surface area contributed by atoms with Crippen molar-refractivity contribution in [3.05, 3.63) is 89.8 Å². The minimum Gasteiger partial charge on any atom is -0.508 e. The number of phenolic OH excluding ortho intramolecular Hbond substituents is 1. The van der Waals surface area contributed by atoms with Gasteiger partial charge in [0, 0.05) is 12.5 Å². The predicted octanol–water partition coefficient (Wildman–Crippen LogP) is 4.33. The molecule has 0 aliphatic rings. The molecule has 3 aromatic rings. The van der Waals surface area contributed by atoms with E-state index in [1.165, 1.54) is 6.20 Å². The standard InChI is InChI=1S/C24H26N2O3/c1-17(24-12-9-21(28)16-26-24)15-23(18-3-7-20(27)8-4-18)19-5-10-22(11-6-19)29-14-13-25-2/h3-12,15-16,23,25,27-28H,13-14H2,1-2H3. The maximum Gasteiger partial charge on any atom is 0.133 e. The molecule has 0 spiro atoms. The lowest BCUT2D eigenvalue weighted by Crippen LogP contribution is -2.15.